The normalized spacial score (nSPS) is 12.8. The predicted octanol–water partition coefficient (Wildman–Crippen LogP) is 3.28. The van der Waals surface area contributed by atoms with Crippen LogP contribution in [0.15, 0.2) is 11.8 Å². The molecule has 0 spiro atoms. The minimum Gasteiger partial charge on any atom is -0.378 e. The second-order valence-electron chi connectivity index (χ2n) is 3.97. The molecule has 0 radical (unpaired) electrons. The molecule has 0 aromatic carbocycles. The topological polar surface area (TPSA) is 3.24 Å². The minimum atomic E-state index is 0.602. The molecule has 0 saturated carbocycles. The monoisotopic (exact) mass is 169 g/mol. The molecule has 0 aromatic rings. The van der Waals surface area contributed by atoms with Gasteiger partial charge in [-0.25, -0.2) is 0 Å². The van der Waals surface area contributed by atoms with E-state index in [0.29, 0.717) is 12.0 Å². The zero-order chi connectivity index (χ0) is 9.72. The summed E-state index contributed by atoms with van der Waals surface area (Å²) in [7, 11) is 2.14. The van der Waals surface area contributed by atoms with E-state index in [1.807, 2.05) is 0 Å². The summed E-state index contributed by atoms with van der Waals surface area (Å²) >= 11 is 0. The zero-order valence-corrected chi connectivity index (χ0v) is 9.39. The molecule has 0 saturated heterocycles. The molecule has 0 fully saturated rings. The Morgan fingerprint density at radius 3 is 2.00 bits per heavy atom. The predicted molar refractivity (Wildman–Crippen MR) is 56.1 cm³/mol. The summed E-state index contributed by atoms with van der Waals surface area (Å²) in [5.74, 6) is 0.677. The third-order valence-electron chi connectivity index (χ3n) is 2.33. The summed E-state index contributed by atoms with van der Waals surface area (Å²) in [6.07, 6.45) is 3.45. The van der Waals surface area contributed by atoms with E-state index in [4.69, 9.17) is 0 Å². The largest absolute Gasteiger partial charge is 0.378 e. The van der Waals surface area contributed by atoms with Crippen molar-refractivity contribution in [3.63, 3.8) is 0 Å². The molecular weight excluding hydrogens is 146 g/mol. The van der Waals surface area contributed by atoms with E-state index < -0.39 is 0 Å². The highest BCUT2D eigenvalue weighted by molar-refractivity contribution is 5.03. The van der Waals surface area contributed by atoms with Crippen molar-refractivity contribution in [3.05, 3.63) is 11.8 Å². The number of hydrogen-bond acceptors (Lipinski definition) is 1. The van der Waals surface area contributed by atoms with Gasteiger partial charge in [-0.15, -0.1) is 0 Å². The van der Waals surface area contributed by atoms with Crippen LogP contribution in [0.25, 0.3) is 0 Å². The minimum absolute atomic E-state index is 0.602. The number of allylic oxidation sites excluding steroid dienone is 1. The molecular formula is C11H23N. The average molecular weight is 169 g/mol. The molecule has 0 N–H and O–H groups in total. The fraction of sp³-hybridized carbons (Fsp3) is 0.818. The van der Waals surface area contributed by atoms with Gasteiger partial charge in [0.1, 0.15) is 0 Å². The zero-order valence-electron chi connectivity index (χ0n) is 9.39. The van der Waals surface area contributed by atoms with Crippen molar-refractivity contribution in [3.8, 4) is 0 Å². The molecule has 0 unspecified atom stereocenters. The van der Waals surface area contributed by atoms with Gasteiger partial charge in [0.25, 0.3) is 0 Å². The maximum absolute atomic E-state index is 2.29. The van der Waals surface area contributed by atoms with E-state index in [0.717, 1.165) is 6.42 Å². The molecule has 0 aliphatic rings. The summed E-state index contributed by atoms with van der Waals surface area (Å²) in [5, 5.41) is 0. The first-order valence-electron chi connectivity index (χ1n) is 4.91. The standard InChI is InChI=1S/C11H23N/c1-7-11(9(2)3)8-12(6)10(4)5/h8-10H,7H2,1-6H3/b11-8+. The Kier molecular flexibility index (Phi) is 5.03. The molecule has 0 heterocycles. The molecule has 0 amide bonds. The first kappa shape index (κ1) is 11.5. The SMILES string of the molecule is CC/C(=C\N(C)C(C)C)C(C)C. The number of nitrogens with zero attached hydrogens (tertiary/aromatic N) is 1. The van der Waals surface area contributed by atoms with Crippen molar-refractivity contribution < 1.29 is 0 Å². The van der Waals surface area contributed by atoms with Crippen LogP contribution in [0.1, 0.15) is 41.0 Å². The lowest BCUT2D eigenvalue weighted by Gasteiger charge is -2.22. The summed E-state index contributed by atoms with van der Waals surface area (Å²) < 4.78 is 0. The molecule has 0 aliphatic carbocycles. The Bertz CT molecular complexity index is 145. The lowest BCUT2D eigenvalue weighted by Crippen LogP contribution is -2.21. The van der Waals surface area contributed by atoms with Crippen molar-refractivity contribution in [1.82, 2.24) is 4.90 Å². The Morgan fingerprint density at radius 1 is 1.25 bits per heavy atom. The van der Waals surface area contributed by atoms with Crippen LogP contribution in [0.5, 0.6) is 0 Å². The molecule has 1 nitrogen and oxygen atoms in total. The van der Waals surface area contributed by atoms with Crippen LogP contribution in [0.4, 0.5) is 0 Å². The third-order valence-corrected chi connectivity index (χ3v) is 2.33. The van der Waals surface area contributed by atoms with Crippen molar-refractivity contribution in [2.24, 2.45) is 5.92 Å². The second-order valence-corrected chi connectivity index (χ2v) is 3.97. The highest BCUT2D eigenvalue weighted by Gasteiger charge is 2.03. The van der Waals surface area contributed by atoms with Gasteiger partial charge in [-0.1, -0.05) is 26.3 Å². The molecule has 0 aromatic heterocycles. The molecule has 0 atom stereocenters. The van der Waals surface area contributed by atoms with E-state index in [9.17, 15) is 0 Å². The Labute approximate surface area is 77.5 Å². The van der Waals surface area contributed by atoms with E-state index in [1.165, 1.54) is 5.57 Å². The Morgan fingerprint density at radius 2 is 1.75 bits per heavy atom. The summed E-state index contributed by atoms with van der Waals surface area (Å²) in [4.78, 5) is 2.28. The van der Waals surface area contributed by atoms with Crippen LogP contribution < -0.4 is 0 Å². The molecule has 72 valence electrons. The highest BCUT2D eigenvalue weighted by atomic mass is 15.1. The van der Waals surface area contributed by atoms with E-state index in [2.05, 4.69) is 52.8 Å². The van der Waals surface area contributed by atoms with Crippen LogP contribution in [0.3, 0.4) is 0 Å². The fourth-order valence-corrected chi connectivity index (χ4v) is 1.06. The van der Waals surface area contributed by atoms with E-state index in [-0.39, 0.29) is 0 Å². The van der Waals surface area contributed by atoms with Gasteiger partial charge in [-0.3, -0.25) is 0 Å². The van der Waals surface area contributed by atoms with Gasteiger partial charge in [0.2, 0.25) is 0 Å². The first-order valence-corrected chi connectivity index (χ1v) is 4.91. The van der Waals surface area contributed by atoms with E-state index >= 15 is 0 Å². The van der Waals surface area contributed by atoms with Crippen LogP contribution in [0, 0.1) is 5.92 Å². The summed E-state index contributed by atoms with van der Waals surface area (Å²) in [5.41, 5.74) is 1.53. The lowest BCUT2D eigenvalue weighted by atomic mass is 10.0. The van der Waals surface area contributed by atoms with Crippen LogP contribution >= 0.6 is 0 Å². The van der Waals surface area contributed by atoms with Gasteiger partial charge in [-0.2, -0.15) is 0 Å². The van der Waals surface area contributed by atoms with E-state index in [1.54, 1.807) is 0 Å². The van der Waals surface area contributed by atoms with Crippen LogP contribution in [-0.2, 0) is 0 Å². The van der Waals surface area contributed by atoms with Gasteiger partial charge in [0.05, 0.1) is 0 Å². The molecule has 1 heteroatoms. The summed E-state index contributed by atoms with van der Waals surface area (Å²) in [6, 6.07) is 0.602. The Balaban J connectivity index is 4.27. The number of rotatable bonds is 4. The lowest BCUT2D eigenvalue weighted by molar-refractivity contribution is 0.368. The average Bonchev–Trinajstić information content (AvgIpc) is 1.98. The fourth-order valence-electron chi connectivity index (χ4n) is 1.06. The van der Waals surface area contributed by atoms with Gasteiger partial charge in [0, 0.05) is 13.1 Å². The maximum atomic E-state index is 2.29. The summed E-state index contributed by atoms with van der Waals surface area (Å²) in [6.45, 7) is 11.2. The van der Waals surface area contributed by atoms with Crippen LogP contribution in [-0.4, -0.2) is 18.0 Å². The van der Waals surface area contributed by atoms with Gasteiger partial charge < -0.3 is 4.90 Å². The second kappa shape index (κ2) is 5.23. The van der Waals surface area contributed by atoms with Gasteiger partial charge >= 0.3 is 0 Å². The highest BCUT2D eigenvalue weighted by Crippen LogP contribution is 2.14. The van der Waals surface area contributed by atoms with Crippen molar-refractivity contribution >= 4 is 0 Å². The molecule has 0 aliphatic heterocycles. The van der Waals surface area contributed by atoms with Crippen molar-refractivity contribution in [1.29, 1.82) is 0 Å². The molecule has 0 rings (SSSR count). The van der Waals surface area contributed by atoms with Gasteiger partial charge in [0.15, 0.2) is 0 Å². The smallest absolute Gasteiger partial charge is 0.0224 e. The number of hydrogen-bond donors (Lipinski definition) is 0. The maximum Gasteiger partial charge on any atom is 0.0224 e. The van der Waals surface area contributed by atoms with Crippen LogP contribution in [0.2, 0.25) is 0 Å². The molecule has 12 heavy (non-hydrogen) atoms. The van der Waals surface area contributed by atoms with Gasteiger partial charge in [-0.05, 0) is 32.4 Å². The first-order chi connectivity index (χ1) is 5.49. The third kappa shape index (κ3) is 3.80. The molecule has 0 bridgehead atoms. The Hall–Kier alpha value is -0.460. The van der Waals surface area contributed by atoms with Crippen molar-refractivity contribution in [2.75, 3.05) is 7.05 Å². The quantitative estimate of drug-likeness (QED) is 0.624. The van der Waals surface area contributed by atoms with Crippen molar-refractivity contribution in [2.45, 2.75) is 47.1 Å².